The summed E-state index contributed by atoms with van der Waals surface area (Å²) in [4.78, 5) is 13.8. The zero-order valence-electron chi connectivity index (χ0n) is 12.6. The van der Waals surface area contributed by atoms with Crippen molar-refractivity contribution in [3.05, 3.63) is 24.3 Å². The number of anilines is 1. The van der Waals surface area contributed by atoms with Crippen LogP contribution in [0.1, 0.15) is 6.42 Å². The minimum atomic E-state index is 0. The Hall–Kier alpha value is -1.46. The molecule has 0 spiro atoms. The van der Waals surface area contributed by atoms with Gasteiger partial charge < -0.3 is 20.3 Å². The lowest BCUT2D eigenvalue weighted by atomic mass is 10.1. The predicted octanol–water partition coefficient (Wildman–Crippen LogP) is 1.28. The van der Waals surface area contributed by atoms with Crippen molar-refractivity contribution in [3.8, 4) is 5.75 Å². The van der Waals surface area contributed by atoms with Crippen LogP contribution in [0.3, 0.4) is 0 Å². The van der Waals surface area contributed by atoms with E-state index in [4.69, 9.17) is 4.74 Å². The summed E-state index contributed by atoms with van der Waals surface area (Å²) in [6.45, 7) is 3.14. The molecule has 0 radical (unpaired) electrons. The minimum absolute atomic E-state index is 0. The highest BCUT2D eigenvalue weighted by atomic mass is 35.5. The van der Waals surface area contributed by atoms with Crippen molar-refractivity contribution in [2.24, 2.45) is 5.92 Å². The van der Waals surface area contributed by atoms with Gasteiger partial charge in [-0.25, -0.2) is 0 Å². The van der Waals surface area contributed by atoms with Crippen molar-refractivity contribution >= 4 is 24.0 Å². The molecule has 5 nitrogen and oxygen atoms in total. The van der Waals surface area contributed by atoms with E-state index in [9.17, 15) is 4.79 Å². The highest BCUT2D eigenvalue weighted by Crippen LogP contribution is 2.26. The van der Waals surface area contributed by atoms with Crippen molar-refractivity contribution in [2.45, 2.75) is 6.42 Å². The molecule has 1 aromatic carbocycles. The molecule has 21 heavy (non-hydrogen) atoms. The van der Waals surface area contributed by atoms with Gasteiger partial charge in [0, 0.05) is 31.4 Å². The van der Waals surface area contributed by atoms with Crippen LogP contribution in [0.25, 0.3) is 0 Å². The van der Waals surface area contributed by atoms with Crippen LogP contribution in [0.4, 0.5) is 5.69 Å². The number of halogens is 1. The van der Waals surface area contributed by atoms with Crippen LogP contribution in [-0.4, -0.2) is 46.2 Å². The van der Waals surface area contributed by atoms with E-state index in [2.05, 4.69) is 27.7 Å². The number of carbonyl (C=O) groups excluding carboxylic acids is 1. The van der Waals surface area contributed by atoms with Crippen LogP contribution in [0.5, 0.6) is 5.75 Å². The van der Waals surface area contributed by atoms with Crippen LogP contribution in [0.2, 0.25) is 0 Å². The molecule has 1 heterocycles. The van der Waals surface area contributed by atoms with Gasteiger partial charge >= 0.3 is 0 Å². The Morgan fingerprint density at radius 3 is 3.00 bits per heavy atom. The smallest absolute Gasteiger partial charge is 0.233 e. The largest absolute Gasteiger partial charge is 0.497 e. The number of nitrogens with zero attached hydrogens (tertiary/aromatic N) is 1. The van der Waals surface area contributed by atoms with Crippen molar-refractivity contribution in [2.75, 3.05) is 45.2 Å². The molecular weight excluding hydrogens is 290 g/mol. The number of carbonyl (C=O) groups is 1. The first-order valence-electron chi connectivity index (χ1n) is 7.03. The highest BCUT2D eigenvalue weighted by molar-refractivity contribution is 5.85. The van der Waals surface area contributed by atoms with Crippen molar-refractivity contribution in [3.63, 3.8) is 0 Å². The molecule has 6 heteroatoms. The first-order chi connectivity index (χ1) is 9.72. The summed E-state index contributed by atoms with van der Waals surface area (Å²) < 4.78 is 5.26. The summed E-state index contributed by atoms with van der Waals surface area (Å²) in [6, 6.07) is 8.12. The third kappa shape index (κ3) is 5.10. The Balaban J connectivity index is 0.00000220. The van der Waals surface area contributed by atoms with E-state index < -0.39 is 0 Å². The van der Waals surface area contributed by atoms with Crippen LogP contribution in [0, 0.1) is 5.92 Å². The van der Waals surface area contributed by atoms with Crippen molar-refractivity contribution < 1.29 is 9.53 Å². The molecule has 1 aliphatic heterocycles. The van der Waals surface area contributed by atoms with Gasteiger partial charge in [0.15, 0.2) is 0 Å². The summed E-state index contributed by atoms with van der Waals surface area (Å²) in [5, 5.41) is 5.82. The molecule has 0 aromatic heterocycles. The molecule has 1 aromatic rings. The van der Waals surface area contributed by atoms with Gasteiger partial charge in [-0.15, -0.1) is 12.4 Å². The molecule has 2 rings (SSSR count). The van der Waals surface area contributed by atoms with E-state index in [0.717, 1.165) is 31.8 Å². The summed E-state index contributed by atoms with van der Waals surface area (Å²) in [5.41, 5.74) is 1.19. The van der Waals surface area contributed by atoms with E-state index in [0.29, 0.717) is 12.5 Å². The fourth-order valence-corrected chi connectivity index (χ4v) is 2.52. The van der Waals surface area contributed by atoms with E-state index in [-0.39, 0.29) is 18.3 Å². The normalized spacial score (nSPS) is 17.2. The van der Waals surface area contributed by atoms with Gasteiger partial charge in [0.2, 0.25) is 5.91 Å². The standard InChI is InChI=1S/C15H23N3O2.ClH/c1-16-10-15(19)17-9-12-6-7-18(11-12)13-4-3-5-14(8-13)20-2;/h3-5,8,12,16H,6-7,9-11H2,1-2H3,(H,17,19);1H. The van der Waals surface area contributed by atoms with E-state index >= 15 is 0 Å². The highest BCUT2D eigenvalue weighted by Gasteiger charge is 2.23. The zero-order valence-corrected chi connectivity index (χ0v) is 13.4. The zero-order chi connectivity index (χ0) is 14.4. The number of likely N-dealkylation sites (N-methyl/N-ethyl adjacent to an activating group) is 1. The first-order valence-corrected chi connectivity index (χ1v) is 7.03. The number of hydrogen-bond acceptors (Lipinski definition) is 4. The second-order valence-electron chi connectivity index (χ2n) is 5.14. The summed E-state index contributed by atoms with van der Waals surface area (Å²) in [7, 11) is 3.46. The van der Waals surface area contributed by atoms with Crippen molar-refractivity contribution in [1.29, 1.82) is 0 Å². The molecule has 1 saturated heterocycles. The van der Waals surface area contributed by atoms with Gasteiger partial charge in [0.05, 0.1) is 13.7 Å². The Morgan fingerprint density at radius 1 is 1.48 bits per heavy atom. The van der Waals surface area contributed by atoms with Crippen LogP contribution in [-0.2, 0) is 4.79 Å². The third-order valence-corrected chi connectivity index (χ3v) is 3.63. The summed E-state index contributed by atoms with van der Waals surface area (Å²) >= 11 is 0. The maximum Gasteiger partial charge on any atom is 0.233 e. The quantitative estimate of drug-likeness (QED) is 0.831. The molecule has 1 atom stereocenters. The second-order valence-corrected chi connectivity index (χ2v) is 5.14. The maximum atomic E-state index is 11.4. The van der Waals surface area contributed by atoms with Gasteiger partial charge in [0.25, 0.3) is 0 Å². The first kappa shape index (κ1) is 17.6. The van der Waals surface area contributed by atoms with Gasteiger partial charge in [-0.2, -0.15) is 0 Å². The summed E-state index contributed by atoms with van der Waals surface area (Å²) in [5.74, 6) is 1.46. The SMILES string of the molecule is CNCC(=O)NCC1CCN(c2cccc(OC)c2)C1.Cl. The molecule has 1 unspecified atom stereocenters. The minimum Gasteiger partial charge on any atom is -0.497 e. The molecule has 1 aliphatic rings. The van der Waals surface area contributed by atoms with Gasteiger partial charge in [-0.1, -0.05) is 6.07 Å². The molecule has 118 valence electrons. The Bertz CT molecular complexity index is 456. The Kier molecular flexibility index (Phi) is 7.32. The molecule has 1 fully saturated rings. The van der Waals surface area contributed by atoms with Gasteiger partial charge in [-0.05, 0) is 31.5 Å². The average molecular weight is 314 g/mol. The Labute approximate surface area is 132 Å². The predicted molar refractivity (Wildman–Crippen MR) is 87.5 cm³/mol. The monoisotopic (exact) mass is 313 g/mol. The lowest BCUT2D eigenvalue weighted by Gasteiger charge is -2.19. The summed E-state index contributed by atoms with van der Waals surface area (Å²) in [6.07, 6.45) is 1.11. The maximum absolute atomic E-state index is 11.4. The van der Waals surface area contributed by atoms with Crippen LogP contribution >= 0.6 is 12.4 Å². The van der Waals surface area contributed by atoms with Crippen LogP contribution < -0.4 is 20.3 Å². The molecule has 2 N–H and O–H groups in total. The van der Waals surface area contributed by atoms with Crippen molar-refractivity contribution in [1.82, 2.24) is 10.6 Å². The topological polar surface area (TPSA) is 53.6 Å². The number of benzene rings is 1. The number of ether oxygens (including phenoxy) is 1. The number of methoxy groups -OCH3 is 1. The average Bonchev–Trinajstić information content (AvgIpc) is 2.94. The van der Waals surface area contributed by atoms with E-state index in [1.807, 2.05) is 12.1 Å². The number of nitrogens with one attached hydrogen (secondary N) is 2. The molecule has 1 amide bonds. The third-order valence-electron chi connectivity index (χ3n) is 3.63. The lowest BCUT2D eigenvalue weighted by Crippen LogP contribution is -2.36. The lowest BCUT2D eigenvalue weighted by molar-refractivity contribution is -0.120. The second kappa shape index (κ2) is 8.74. The number of amides is 1. The fraction of sp³-hybridized carbons (Fsp3) is 0.533. The van der Waals surface area contributed by atoms with Gasteiger partial charge in [0.1, 0.15) is 5.75 Å². The van der Waals surface area contributed by atoms with E-state index in [1.54, 1.807) is 14.2 Å². The van der Waals surface area contributed by atoms with Gasteiger partial charge in [-0.3, -0.25) is 4.79 Å². The number of hydrogen-bond donors (Lipinski definition) is 2. The number of rotatable bonds is 6. The fourth-order valence-electron chi connectivity index (χ4n) is 2.52. The Morgan fingerprint density at radius 2 is 2.29 bits per heavy atom. The molecule has 0 aliphatic carbocycles. The van der Waals surface area contributed by atoms with Crippen LogP contribution in [0.15, 0.2) is 24.3 Å². The molecule has 0 saturated carbocycles. The molecule has 0 bridgehead atoms. The molecular formula is C15H24ClN3O2. The van der Waals surface area contributed by atoms with E-state index in [1.165, 1.54) is 5.69 Å².